The van der Waals surface area contributed by atoms with Crippen LogP contribution in [0.4, 0.5) is 5.69 Å². The van der Waals surface area contributed by atoms with Gasteiger partial charge in [0.2, 0.25) is 0 Å². The van der Waals surface area contributed by atoms with Gasteiger partial charge in [-0.05, 0) is 35.8 Å². The molecule has 0 amide bonds. The maximum Gasteiger partial charge on any atom is 0.273 e. The van der Waals surface area contributed by atoms with E-state index in [-0.39, 0.29) is 16.5 Å². The molecule has 112 valence electrons. The van der Waals surface area contributed by atoms with Crippen molar-refractivity contribution in [1.82, 2.24) is 0 Å². The van der Waals surface area contributed by atoms with Gasteiger partial charge in [0.05, 0.1) is 4.92 Å². The Kier molecular flexibility index (Phi) is 6.46. The smallest absolute Gasteiger partial charge is 0.258 e. The second-order valence-corrected chi connectivity index (χ2v) is 6.97. The van der Waals surface area contributed by atoms with E-state index in [4.69, 9.17) is 11.6 Å². The van der Waals surface area contributed by atoms with Crippen LogP contribution in [-0.4, -0.2) is 4.92 Å². The molecule has 0 bridgehead atoms. The molecule has 5 heteroatoms. The van der Waals surface area contributed by atoms with Crippen molar-refractivity contribution in [3.8, 4) is 0 Å². The fraction of sp³-hybridized carbons (Fsp3) is 0.600. The molecule has 0 aliphatic heterocycles. The Morgan fingerprint density at radius 3 is 2.15 bits per heavy atom. The zero-order valence-corrected chi connectivity index (χ0v) is 14.7. The van der Waals surface area contributed by atoms with Crippen LogP contribution in [0.5, 0.6) is 0 Å². The second kappa shape index (κ2) is 7.41. The highest BCUT2D eigenvalue weighted by Crippen LogP contribution is 2.36. The quantitative estimate of drug-likeness (QED) is 0.381. The third-order valence-electron chi connectivity index (χ3n) is 3.10. The number of hydrogen-bond acceptors (Lipinski definition) is 2. The summed E-state index contributed by atoms with van der Waals surface area (Å²) in [4.78, 5) is 11.1. The predicted molar refractivity (Wildman–Crippen MR) is 87.4 cm³/mol. The predicted octanol–water partition coefficient (Wildman–Crippen LogP) is 5.49. The van der Waals surface area contributed by atoms with Crippen molar-refractivity contribution in [3.05, 3.63) is 37.3 Å². The molecule has 1 aromatic carbocycles. The van der Waals surface area contributed by atoms with Gasteiger partial charge in [-0.25, -0.2) is 0 Å². The van der Waals surface area contributed by atoms with Crippen molar-refractivity contribution in [2.45, 2.75) is 46.4 Å². The zero-order valence-electron chi connectivity index (χ0n) is 12.4. The number of hydrogen-bond donors (Lipinski definition) is 0. The first kappa shape index (κ1) is 17.4. The molecule has 0 saturated carbocycles. The highest BCUT2D eigenvalue weighted by molar-refractivity contribution is 9.10. The topological polar surface area (TPSA) is 43.1 Å². The van der Waals surface area contributed by atoms with E-state index in [0.29, 0.717) is 18.3 Å². The highest BCUT2D eigenvalue weighted by atomic mass is 79.9. The van der Waals surface area contributed by atoms with Gasteiger partial charge in [0, 0.05) is 22.0 Å². The molecule has 1 rings (SSSR count). The van der Waals surface area contributed by atoms with E-state index in [1.807, 2.05) is 0 Å². The van der Waals surface area contributed by atoms with Crippen LogP contribution in [0, 0.1) is 22.0 Å². The first-order chi connectivity index (χ1) is 9.27. The van der Waals surface area contributed by atoms with E-state index >= 15 is 0 Å². The van der Waals surface area contributed by atoms with Crippen LogP contribution in [0.2, 0.25) is 0 Å². The van der Waals surface area contributed by atoms with Gasteiger partial charge in [0.15, 0.2) is 0 Å². The summed E-state index contributed by atoms with van der Waals surface area (Å²) >= 11 is 9.64. The molecule has 0 fully saturated rings. The summed E-state index contributed by atoms with van der Waals surface area (Å²) in [5.74, 6) is 1.07. The van der Waals surface area contributed by atoms with Gasteiger partial charge in [-0.15, -0.1) is 11.6 Å². The number of halogens is 2. The van der Waals surface area contributed by atoms with E-state index in [9.17, 15) is 10.1 Å². The Morgan fingerprint density at radius 2 is 1.75 bits per heavy atom. The standard InChI is InChI=1S/C15H21BrClNO2/c1-9(2)5-11-7-14(18(19)20)12(6-10(3)4)13(8-17)15(11)16/h7,9-10H,5-6,8H2,1-4H3. The summed E-state index contributed by atoms with van der Waals surface area (Å²) in [6.45, 7) is 8.30. The molecule has 20 heavy (non-hydrogen) atoms. The lowest BCUT2D eigenvalue weighted by molar-refractivity contribution is -0.385. The number of benzene rings is 1. The van der Waals surface area contributed by atoms with E-state index < -0.39 is 0 Å². The van der Waals surface area contributed by atoms with E-state index in [0.717, 1.165) is 27.6 Å². The maximum atomic E-state index is 11.4. The normalized spacial score (nSPS) is 11.4. The van der Waals surface area contributed by atoms with E-state index in [2.05, 4.69) is 43.6 Å². The van der Waals surface area contributed by atoms with Crippen LogP contribution in [0.25, 0.3) is 0 Å². The molecule has 0 N–H and O–H groups in total. The fourth-order valence-corrected chi connectivity index (χ4v) is 3.44. The summed E-state index contributed by atoms with van der Waals surface area (Å²) < 4.78 is 0.933. The Hall–Kier alpha value is -0.610. The van der Waals surface area contributed by atoms with Crippen LogP contribution in [0.1, 0.15) is 44.4 Å². The summed E-state index contributed by atoms with van der Waals surface area (Å²) in [7, 11) is 0. The first-order valence-electron chi connectivity index (χ1n) is 6.81. The molecule has 0 atom stereocenters. The van der Waals surface area contributed by atoms with Gasteiger partial charge in [0.25, 0.3) is 5.69 Å². The average molecular weight is 363 g/mol. The lowest BCUT2D eigenvalue weighted by atomic mass is 9.92. The minimum atomic E-state index is -0.288. The first-order valence-corrected chi connectivity index (χ1v) is 8.14. The van der Waals surface area contributed by atoms with Crippen LogP contribution < -0.4 is 0 Å². The monoisotopic (exact) mass is 361 g/mol. The SMILES string of the molecule is CC(C)Cc1cc([N+](=O)[O-])c(CC(C)C)c(CCl)c1Br. The fourth-order valence-electron chi connectivity index (χ4n) is 2.32. The lowest BCUT2D eigenvalue weighted by Crippen LogP contribution is -2.08. The Balaban J connectivity index is 3.49. The number of rotatable bonds is 6. The van der Waals surface area contributed by atoms with Crippen molar-refractivity contribution in [2.75, 3.05) is 0 Å². The molecule has 1 aromatic rings. The van der Waals surface area contributed by atoms with Gasteiger partial charge in [0.1, 0.15) is 0 Å². The van der Waals surface area contributed by atoms with Crippen molar-refractivity contribution in [3.63, 3.8) is 0 Å². The summed E-state index contributed by atoms with van der Waals surface area (Å²) in [6, 6.07) is 1.71. The van der Waals surface area contributed by atoms with Gasteiger partial charge in [-0.2, -0.15) is 0 Å². The molecule has 0 aliphatic carbocycles. The molecular formula is C15H21BrClNO2. The van der Waals surface area contributed by atoms with Crippen LogP contribution in [-0.2, 0) is 18.7 Å². The van der Waals surface area contributed by atoms with Crippen molar-refractivity contribution < 1.29 is 4.92 Å². The third-order valence-corrected chi connectivity index (χ3v) is 4.36. The number of nitro benzene ring substituents is 1. The van der Waals surface area contributed by atoms with Crippen LogP contribution in [0.3, 0.4) is 0 Å². The molecule has 0 saturated heterocycles. The molecule has 0 aliphatic rings. The Labute approximate surface area is 134 Å². The Bertz CT molecular complexity index is 501. The second-order valence-electron chi connectivity index (χ2n) is 5.91. The molecular weight excluding hydrogens is 342 g/mol. The molecule has 0 heterocycles. The summed E-state index contributed by atoms with van der Waals surface area (Å²) in [5.41, 5.74) is 2.80. The summed E-state index contributed by atoms with van der Waals surface area (Å²) in [5, 5.41) is 11.4. The minimum absolute atomic E-state index is 0.202. The van der Waals surface area contributed by atoms with Gasteiger partial charge in [-0.3, -0.25) is 10.1 Å². The van der Waals surface area contributed by atoms with Crippen LogP contribution in [0.15, 0.2) is 10.5 Å². The number of nitro groups is 1. The minimum Gasteiger partial charge on any atom is -0.258 e. The molecule has 0 spiro atoms. The molecule has 0 unspecified atom stereocenters. The van der Waals surface area contributed by atoms with E-state index in [1.165, 1.54) is 0 Å². The highest BCUT2D eigenvalue weighted by Gasteiger charge is 2.23. The average Bonchev–Trinajstić information content (AvgIpc) is 2.31. The van der Waals surface area contributed by atoms with Crippen molar-refractivity contribution >= 4 is 33.2 Å². The third kappa shape index (κ3) is 4.19. The maximum absolute atomic E-state index is 11.4. The van der Waals surface area contributed by atoms with Gasteiger partial charge in [-0.1, -0.05) is 43.6 Å². The zero-order chi connectivity index (χ0) is 15.4. The van der Waals surface area contributed by atoms with Crippen molar-refractivity contribution in [2.24, 2.45) is 11.8 Å². The number of alkyl halides is 1. The Morgan fingerprint density at radius 1 is 1.20 bits per heavy atom. The van der Waals surface area contributed by atoms with Crippen LogP contribution >= 0.6 is 27.5 Å². The lowest BCUT2D eigenvalue weighted by Gasteiger charge is -2.16. The molecule has 0 radical (unpaired) electrons. The number of nitrogens with zero attached hydrogens (tertiary/aromatic N) is 1. The largest absolute Gasteiger partial charge is 0.273 e. The molecule has 0 aromatic heterocycles. The van der Waals surface area contributed by atoms with Gasteiger partial charge < -0.3 is 0 Å². The van der Waals surface area contributed by atoms with E-state index in [1.54, 1.807) is 6.07 Å². The van der Waals surface area contributed by atoms with Gasteiger partial charge >= 0.3 is 0 Å². The summed E-state index contributed by atoms with van der Waals surface area (Å²) in [6.07, 6.45) is 1.46. The molecule has 3 nitrogen and oxygen atoms in total. The van der Waals surface area contributed by atoms with Crippen molar-refractivity contribution in [1.29, 1.82) is 0 Å².